The molecular formula is C12H21F2NO. The Labute approximate surface area is 95.7 Å². The molecule has 1 spiro atoms. The second kappa shape index (κ2) is 3.64. The van der Waals surface area contributed by atoms with Gasteiger partial charge in [-0.1, -0.05) is 20.8 Å². The summed E-state index contributed by atoms with van der Waals surface area (Å²) in [6.07, 6.45) is 2.79. The molecule has 94 valence electrons. The van der Waals surface area contributed by atoms with Gasteiger partial charge in [-0.15, -0.1) is 0 Å². The van der Waals surface area contributed by atoms with E-state index in [9.17, 15) is 8.78 Å². The monoisotopic (exact) mass is 233 g/mol. The Morgan fingerprint density at radius 2 is 1.94 bits per heavy atom. The summed E-state index contributed by atoms with van der Waals surface area (Å²) in [6.45, 7) is 5.84. The van der Waals surface area contributed by atoms with Crippen LogP contribution in [0.2, 0.25) is 0 Å². The Kier molecular flexibility index (Phi) is 2.78. The zero-order chi connectivity index (χ0) is 12.0. The first-order valence-corrected chi connectivity index (χ1v) is 5.99. The van der Waals surface area contributed by atoms with Crippen LogP contribution < -0.4 is 5.32 Å². The Hall–Kier alpha value is -0.220. The molecule has 2 atom stereocenters. The summed E-state index contributed by atoms with van der Waals surface area (Å²) in [6, 6.07) is 0. The fraction of sp³-hybridized carbons (Fsp3) is 1.00. The standard InChI is InChI=1S/C12H21F2NO/c1-9-4-10(2,3)6-12(5-9)15-7-11(13,14)8-16-12/h9,15H,4-8H2,1-3H3. The highest BCUT2D eigenvalue weighted by molar-refractivity contribution is 4.96. The van der Waals surface area contributed by atoms with Gasteiger partial charge in [0.25, 0.3) is 5.92 Å². The highest BCUT2D eigenvalue weighted by atomic mass is 19.3. The molecule has 1 heterocycles. The molecule has 2 unspecified atom stereocenters. The second-order valence-electron chi connectivity index (χ2n) is 6.35. The van der Waals surface area contributed by atoms with Crippen molar-refractivity contribution in [2.45, 2.75) is 51.7 Å². The van der Waals surface area contributed by atoms with Crippen molar-refractivity contribution in [1.82, 2.24) is 5.32 Å². The normalized spacial score (nSPS) is 42.2. The molecule has 0 aromatic rings. The molecule has 0 aromatic carbocycles. The van der Waals surface area contributed by atoms with E-state index in [2.05, 4.69) is 26.1 Å². The number of alkyl halides is 2. The van der Waals surface area contributed by atoms with Gasteiger partial charge >= 0.3 is 0 Å². The van der Waals surface area contributed by atoms with E-state index in [-0.39, 0.29) is 12.0 Å². The van der Waals surface area contributed by atoms with Gasteiger partial charge in [0.1, 0.15) is 12.3 Å². The minimum atomic E-state index is -2.71. The van der Waals surface area contributed by atoms with E-state index < -0.39 is 18.3 Å². The van der Waals surface area contributed by atoms with E-state index in [0.29, 0.717) is 5.92 Å². The van der Waals surface area contributed by atoms with Crippen LogP contribution in [-0.4, -0.2) is 24.8 Å². The number of rotatable bonds is 0. The zero-order valence-electron chi connectivity index (χ0n) is 10.3. The first kappa shape index (κ1) is 12.2. The third-order valence-corrected chi connectivity index (χ3v) is 3.57. The zero-order valence-corrected chi connectivity index (χ0v) is 10.3. The van der Waals surface area contributed by atoms with E-state index >= 15 is 0 Å². The summed E-state index contributed by atoms with van der Waals surface area (Å²) in [7, 11) is 0. The molecule has 1 N–H and O–H groups in total. The summed E-state index contributed by atoms with van der Waals surface area (Å²) in [5.74, 6) is -2.20. The topological polar surface area (TPSA) is 21.3 Å². The summed E-state index contributed by atoms with van der Waals surface area (Å²) in [5, 5.41) is 2.94. The Morgan fingerprint density at radius 1 is 1.25 bits per heavy atom. The Morgan fingerprint density at radius 3 is 2.44 bits per heavy atom. The molecule has 0 amide bonds. The van der Waals surface area contributed by atoms with Crippen molar-refractivity contribution >= 4 is 0 Å². The van der Waals surface area contributed by atoms with Gasteiger partial charge in [-0.25, -0.2) is 8.78 Å². The van der Waals surface area contributed by atoms with Crippen LogP contribution in [0.25, 0.3) is 0 Å². The maximum absolute atomic E-state index is 13.0. The lowest BCUT2D eigenvalue weighted by Crippen LogP contribution is -2.62. The molecule has 1 aliphatic carbocycles. The van der Waals surface area contributed by atoms with E-state index in [1.807, 2.05) is 0 Å². The molecule has 1 saturated heterocycles. The van der Waals surface area contributed by atoms with E-state index in [4.69, 9.17) is 4.74 Å². The fourth-order valence-corrected chi connectivity index (χ4v) is 3.38. The molecule has 1 saturated carbocycles. The molecule has 0 aromatic heterocycles. The Bertz CT molecular complexity index is 268. The lowest BCUT2D eigenvalue weighted by atomic mass is 9.68. The third kappa shape index (κ3) is 2.54. The molecule has 0 bridgehead atoms. The summed E-state index contributed by atoms with van der Waals surface area (Å²) in [5.41, 5.74) is -0.347. The van der Waals surface area contributed by atoms with Gasteiger partial charge in [0.15, 0.2) is 0 Å². The van der Waals surface area contributed by atoms with E-state index in [0.717, 1.165) is 19.3 Å². The SMILES string of the molecule is CC1CC(C)(C)CC2(C1)NCC(F)(F)CO2. The second-order valence-corrected chi connectivity index (χ2v) is 6.35. The summed E-state index contributed by atoms with van der Waals surface area (Å²) < 4.78 is 31.6. The van der Waals surface area contributed by atoms with E-state index in [1.165, 1.54) is 0 Å². The maximum atomic E-state index is 13.0. The first-order valence-electron chi connectivity index (χ1n) is 5.99. The summed E-state index contributed by atoms with van der Waals surface area (Å²) in [4.78, 5) is 0. The molecule has 2 nitrogen and oxygen atoms in total. The average molecular weight is 233 g/mol. The average Bonchev–Trinajstić information content (AvgIpc) is 2.08. The molecule has 0 radical (unpaired) electrons. The van der Waals surface area contributed by atoms with Crippen LogP contribution >= 0.6 is 0 Å². The fourth-order valence-electron chi connectivity index (χ4n) is 3.38. The van der Waals surface area contributed by atoms with Crippen LogP contribution in [0.5, 0.6) is 0 Å². The highest BCUT2D eigenvalue weighted by Crippen LogP contribution is 2.45. The predicted molar refractivity (Wildman–Crippen MR) is 58.4 cm³/mol. The molecule has 16 heavy (non-hydrogen) atoms. The number of nitrogens with one attached hydrogen (secondary N) is 1. The van der Waals surface area contributed by atoms with Gasteiger partial charge in [-0.05, 0) is 30.6 Å². The van der Waals surface area contributed by atoms with Crippen molar-refractivity contribution in [1.29, 1.82) is 0 Å². The smallest absolute Gasteiger partial charge is 0.283 e. The van der Waals surface area contributed by atoms with Gasteiger partial charge in [0.2, 0.25) is 0 Å². The number of hydrogen-bond acceptors (Lipinski definition) is 2. The van der Waals surface area contributed by atoms with Crippen LogP contribution in [0.3, 0.4) is 0 Å². The van der Waals surface area contributed by atoms with Crippen LogP contribution in [0.1, 0.15) is 40.0 Å². The third-order valence-electron chi connectivity index (χ3n) is 3.57. The van der Waals surface area contributed by atoms with Crippen molar-refractivity contribution < 1.29 is 13.5 Å². The minimum Gasteiger partial charge on any atom is -0.354 e. The molecule has 2 fully saturated rings. The number of ether oxygens (including phenoxy) is 1. The predicted octanol–water partition coefficient (Wildman–Crippen LogP) is 2.78. The molecule has 2 rings (SSSR count). The molecular weight excluding hydrogens is 212 g/mol. The van der Waals surface area contributed by atoms with Crippen molar-refractivity contribution in [2.24, 2.45) is 11.3 Å². The molecule has 2 aliphatic rings. The maximum Gasteiger partial charge on any atom is 0.283 e. The number of hydrogen-bond donors (Lipinski definition) is 1. The van der Waals surface area contributed by atoms with Gasteiger partial charge in [-0.2, -0.15) is 0 Å². The quantitative estimate of drug-likeness (QED) is 0.694. The first-order chi connectivity index (χ1) is 7.22. The molecule has 4 heteroatoms. The van der Waals surface area contributed by atoms with Crippen LogP contribution in [-0.2, 0) is 4.74 Å². The van der Waals surface area contributed by atoms with Crippen molar-refractivity contribution in [3.05, 3.63) is 0 Å². The summed E-state index contributed by atoms with van der Waals surface area (Å²) >= 11 is 0. The van der Waals surface area contributed by atoms with Crippen molar-refractivity contribution in [3.63, 3.8) is 0 Å². The largest absolute Gasteiger partial charge is 0.354 e. The highest BCUT2D eigenvalue weighted by Gasteiger charge is 2.49. The van der Waals surface area contributed by atoms with E-state index in [1.54, 1.807) is 0 Å². The van der Waals surface area contributed by atoms with Gasteiger partial charge in [0, 0.05) is 0 Å². The lowest BCUT2D eigenvalue weighted by Gasteiger charge is -2.50. The van der Waals surface area contributed by atoms with Crippen molar-refractivity contribution in [3.8, 4) is 0 Å². The van der Waals surface area contributed by atoms with Gasteiger partial charge < -0.3 is 4.74 Å². The Balaban J connectivity index is 2.08. The minimum absolute atomic E-state index is 0.164. The van der Waals surface area contributed by atoms with Crippen LogP contribution in [0.4, 0.5) is 8.78 Å². The van der Waals surface area contributed by atoms with Crippen molar-refractivity contribution in [2.75, 3.05) is 13.2 Å². The van der Waals surface area contributed by atoms with Crippen LogP contribution in [0.15, 0.2) is 0 Å². The lowest BCUT2D eigenvalue weighted by molar-refractivity contribution is -0.221. The number of halogens is 2. The van der Waals surface area contributed by atoms with Crippen LogP contribution in [0, 0.1) is 11.3 Å². The van der Waals surface area contributed by atoms with Gasteiger partial charge in [0.05, 0.1) is 6.54 Å². The van der Waals surface area contributed by atoms with Gasteiger partial charge in [-0.3, -0.25) is 5.32 Å². The molecule has 1 aliphatic heterocycles.